The quantitative estimate of drug-likeness (QED) is 0.0461. The van der Waals surface area contributed by atoms with Gasteiger partial charge in [0.25, 0.3) is 0 Å². The molecule has 8 atom stereocenters. The van der Waals surface area contributed by atoms with Gasteiger partial charge in [-0.3, -0.25) is 33.6 Å². The normalized spacial score (nSPS) is 14.9. The van der Waals surface area contributed by atoms with Gasteiger partial charge in [-0.05, 0) is 46.9 Å². The highest BCUT2D eigenvalue weighted by molar-refractivity contribution is 5.98. The molecular weight excluding hydrogens is 871 g/mol. The van der Waals surface area contributed by atoms with E-state index in [0.717, 1.165) is 26.9 Å². The molecule has 17 nitrogen and oxygen atoms in total. The van der Waals surface area contributed by atoms with E-state index in [4.69, 9.17) is 0 Å². The van der Waals surface area contributed by atoms with Crippen LogP contribution in [0.15, 0.2) is 91.1 Å². The highest BCUT2D eigenvalue weighted by Crippen LogP contribution is 2.29. The van der Waals surface area contributed by atoms with Crippen LogP contribution in [-0.4, -0.2) is 111 Å². The smallest absolute Gasteiger partial charge is 0.326 e. The number of aromatic nitrogens is 1. The maximum atomic E-state index is 14.4. The van der Waals surface area contributed by atoms with Crippen LogP contribution in [0.3, 0.4) is 0 Å². The first-order valence-corrected chi connectivity index (χ1v) is 23.1. The number of hydrogen-bond acceptors (Lipinski definition) is 8. The molecule has 1 aromatic heterocycles. The maximum absolute atomic E-state index is 14.4. The van der Waals surface area contributed by atoms with Crippen molar-refractivity contribution in [3.63, 3.8) is 0 Å². The van der Waals surface area contributed by atoms with Crippen LogP contribution in [0.5, 0.6) is 0 Å². The number of para-hydroxylation sites is 1. The minimum absolute atomic E-state index is 0.0465. The molecule has 17 heteroatoms. The number of hydrogen-bond donors (Lipinski definition) is 8. The number of carboxylic acid groups (broad SMARTS) is 2. The largest absolute Gasteiger partial charge is 0.481 e. The highest BCUT2D eigenvalue weighted by atomic mass is 16.4. The number of H-pyrrole nitrogens is 1. The minimum atomic E-state index is -1.71. The van der Waals surface area contributed by atoms with Crippen molar-refractivity contribution >= 4 is 58.3 Å². The van der Waals surface area contributed by atoms with Crippen molar-refractivity contribution in [1.29, 1.82) is 0 Å². The zero-order valence-electron chi connectivity index (χ0n) is 40.1. The van der Waals surface area contributed by atoms with E-state index in [9.17, 15) is 48.6 Å². The summed E-state index contributed by atoms with van der Waals surface area (Å²) in [6.45, 7) is 11.9. The Kier molecular flexibility index (Phi) is 19.8. The number of aromatic amines is 1. The van der Waals surface area contributed by atoms with Crippen LogP contribution >= 0.6 is 0 Å². The van der Waals surface area contributed by atoms with Crippen molar-refractivity contribution in [2.75, 3.05) is 7.05 Å². The van der Waals surface area contributed by atoms with Gasteiger partial charge in [0.1, 0.15) is 36.3 Å². The van der Waals surface area contributed by atoms with Crippen LogP contribution in [0.1, 0.15) is 96.8 Å². The first-order chi connectivity index (χ1) is 32.3. The van der Waals surface area contributed by atoms with Crippen molar-refractivity contribution in [2.45, 2.75) is 123 Å². The summed E-state index contributed by atoms with van der Waals surface area (Å²) in [5, 5.41) is 34.4. The number of carboxylic acids is 2. The fraction of sp³-hybridized carbons (Fsp3) is 0.451. The van der Waals surface area contributed by atoms with Gasteiger partial charge in [0.15, 0.2) is 0 Å². The number of benzene rings is 3. The number of carbonyl (C=O) groups excluding carboxylic acids is 6. The molecule has 366 valence electrons. The van der Waals surface area contributed by atoms with E-state index >= 15 is 0 Å². The number of fused-ring (bicyclic) bond motifs is 1. The molecule has 8 N–H and O–H groups in total. The average Bonchev–Trinajstić information content (AvgIpc) is 3.71. The van der Waals surface area contributed by atoms with E-state index in [1.165, 1.54) is 14.0 Å². The van der Waals surface area contributed by atoms with E-state index in [1.807, 2.05) is 74.5 Å². The second-order valence-corrected chi connectivity index (χ2v) is 17.9. The summed E-state index contributed by atoms with van der Waals surface area (Å²) in [6.07, 6.45) is 1.60. The molecule has 0 aliphatic carbocycles. The molecule has 4 rings (SSSR count). The predicted octanol–water partition coefficient (Wildman–Crippen LogP) is 4.51. The molecule has 0 radical (unpaired) electrons. The summed E-state index contributed by atoms with van der Waals surface area (Å²) in [5.74, 6) is -9.10. The van der Waals surface area contributed by atoms with Crippen molar-refractivity contribution in [1.82, 2.24) is 36.5 Å². The molecule has 0 fully saturated rings. The summed E-state index contributed by atoms with van der Waals surface area (Å²) in [4.78, 5) is 113. The lowest BCUT2D eigenvalue weighted by Crippen LogP contribution is -2.62. The van der Waals surface area contributed by atoms with Gasteiger partial charge >= 0.3 is 11.9 Å². The second kappa shape index (κ2) is 25.2. The Balaban J connectivity index is 1.59. The van der Waals surface area contributed by atoms with Crippen molar-refractivity contribution in [3.8, 4) is 0 Å². The Bertz CT molecular complexity index is 2330. The monoisotopic (exact) mass is 937 g/mol. The van der Waals surface area contributed by atoms with Crippen LogP contribution in [0.25, 0.3) is 10.9 Å². The number of nitrogens with one attached hydrogen (secondary N) is 6. The standard InChI is InChI=1S/C51H67N7O10/c1-9-30(5)43(47(63)56-40(51(67)68)26-35-28-52-37-24-18-17-23-36(35)37)57-49(65)45(31(6)10-2)58(8)50(66)39(27-41(60)61)55-46(62)38(25-29(3)4)54-48(64)44(53-32(7)59)42(33-19-13-11-14-20-33)34-21-15-12-16-22-34/h11-24,28-31,38-40,42-45,52H,9-10,25-27H2,1-8H3,(H,53,59)(H,54,64)(H,55,62)(H,56,63)(H,57,65)(H,60,61)(H,67,68)/t30-,31-,38-,39-,40-,43-,44-,45-/m0/s1. The van der Waals surface area contributed by atoms with Gasteiger partial charge in [0.05, 0.1) is 6.42 Å². The predicted molar refractivity (Wildman–Crippen MR) is 257 cm³/mol. The number of nitrogens with zero attached hydrogens (tertiary/aromatic N) is 1. The molecule has 3 aromatic carbocycles. The zero-order chi connectivity index (χ0) is 50.2. The molecule has 0 aliphatic rings. The Morgan fingerprint density at radius 3 is 1.68 bits per heavy atom. The van der Waals surface area contributed by atoms with Gasteiger partial charge in [-0.15, -0.1) is 0 Å². The molecule has 6 amide bonds. The SMILES string of the molecule is CC[C@H](C)[C@H](NC(=O)[C@H]([C@@H](C)CC)N(C)C(=O)[C@H](CC(=O)O)NC(=O)[C@H](CC(C)C)NC(=O)[C@@H](NC(C)=O)C(c1ccccc1)c1ccccc1)C(=O)N[C@@H](Cc1c[nH]c2ccccc12)C(=O)O. The third kappa shape index (κ3) is 14.5. The number of likely N-dealkylation sites (N-methyl/N-ethyl adjacent to an activating group) is 1. The molecule has 0 bridgehead atoms. The third-order valence-electron chi connectivity index (χ3n) is 12.3. The molecule has 0 aliphatic heterocycles. The summed E-state index contributed by atoms with van der Waals surface area (Å²) >= 11 is 0. The number of amides is 6. The Morgan fingerprint density at radius 2 is 1.15 bits per heavy atom. The van der Waals surface area contributed by atoms with Gasteiger partial charge < -0.3 is 46.7 Å². The summed E-state index contributed by atoms with van der Waals surface area (Å²) in [7, 11) is 1.30. The fourth-order valence-electron chi connectivity index (χ4n) is 8.37. The average molecular weight is 938 g/mol. The van der Waals surface area contributed by atoms with Gasteiger partial charge in [0, 0.05) is 43.4 Å². The number of rotatable bonds is 25. The maximum Gasteiger partial charge on any atom is 0.326 e. The Labute approximate surface area is 397 Å². The first kappa shape index (κ1) is 53.6. The fourth-order valence-corrected chi connectivity index (χ4v) is 8.37. The minimum Gasteiger partial charge on any atom is -0.481 e. The van der Waals surface area contributed by atoms with Crippen molar-refractivity contribution in [3.05, 3.63) is 108 Å². The molecule has 0 saturated heterocycles. The van der Waals surface area contributed by atoms with Crippen LogP contribution in [-0.2, 0) is 44.8 Å². The van der Waals surface area contributed by atoms with Gasteiger partial charge in [-0.2, -0.15) is 0 Å². The van der Waals surface area contributed by atoms with Crippen LogP contribution < -0.4 is 26.6 Å². The van der Waals surface area contributed by atoms with Crippen LogP contribution in [0.4, 0.5) is 0 Å². The second-order valence-electron chi connectivity index (χ2n) is 17.9. The summed E-state index contributed by atoms with van der Waals surface area (Å²) in [6, 6.07) is 17.4. The lowest BCUT2D eigenvalue weighted by atomic mass is 9.84. The molecule has 0 saturated carbocycles. The Morgan fingerprint density at radius 1 is 0.618 bits per heavy atom. The van der Waals surface area contributed by atoms with E-state index in [0.29, 0.717) is 18.4 Å². The molecule has 1 heterocycles. The summed E-state index contributed by atoms with van der Waals surface area (Å²) in [5.41, 5.74) is 2.90. The van der Waals surface area contributed by atoms with Crippen LogP contribution in [0.2, 0.25) is 0 Å². The lowest BCUT2D eigenvalue weighted by Gasteiger charge is -2.36. The molecular formula is C51H67N7O10. The van der Waals surface area contributed by atoms with Gasteiger partial charge in [-0.25, -0.2) is 4.79 Å². The van der Waals surface area contributed by atoms with E-state index < -0.39 is 108 Å². The zero-order valence-corrected chi connectivity index (χ0v) is 40.1. The highest BCUT2D eigenvalue weighted by Gasteiger charge is 2.40. The van der Waals surface area contributed by atoms with Crippen LogP contribution in [0, 0.1) is 17.8 Å². The van der Waals surface area contributed by atoms with E-state index in [-0.39, 0.29) is 18.8 Å². The number of aliphatic carboxylic acids is 2. The topological polar surface area (TPSA) is 256 Å². The molecule has 0 unspecified atom stereocenters. The van der Waals surface area contributed by atoms with Crippen molar-refractivity contribution < 1.29 is 48.6 Å². The van der Waals surface area contributed by atoms with Gasteiger partial charge in [-0.1, -0.05) is 133 Å². The molecule has 4 aromatic rings. The number of carbonyl (C=O) groups is 8. The summed E-state index contributed by atoms with van der Waals surface area (Å²) < 4.78 is 0. The van der Waals surface area contributed by atoms with Crippen molar-refractivity contribution in [2.24, 2.45) is 17.8 Å². The van der Waals surface area contributed by atoms with E-state index in [1.54, 1.807) is 58.2 Å². The lowest BCUT2D eigenvalue weighted by molar-refractivity contribution is -0.148. The third-order valence-corrected chi connectivity index (χ3v) is 12.3. The molecule has 0 spiro atoms. The van der Waals surface area contributed by atoms with Gasteiger partial charge in [0.2, 0.25) is 35.4 Å². The molecule has 68 heavy (non-hydrogen) atoms. The first-order valence-electron chi connectivity index (χ1n) is 23.1. The van der Waals surface area contributed by atoms with E-state index in [2.05, 4.69) is 31.6 Å². The Hall–Kier alpha value is -7.04.